The van der Waals surface area contributed by atoms with Crippen LogP contribution in [0.5, 0.6) is 0 Å². The summed E-state index contributed by atoms with van der Waals surface area (Å²) in [5, 5.41) is 15.9. The molecule has 2 N–H and O–H groups in total. The Labute approximate surface area is 112 Å². The molecule has 6 nitrogen and oxygen atoms in total. The van der Waals surface area contributed by atoms with Crippen LogP contribution in [0.4, 0.5) is 0 Å². The maximum absolute atomic E-state index is 12.2. The lowest BCUT2D eigenvalue weighted by Crippen LogP contribution is -2.49. The van der Waals surface area contributed by atoms with Gasteiger partial charge in [0.25, 0.3) is 5.91 Å². The van der Waals surface area contributed by atoms with Crippen molar-refractivity contribution in [2.24, 2.45) is 5.41 Å². The van der Waals surface area contributed by atoms with E-state index in [0.717, 1.165) is 5.69 Å². The summed E-state index contributed by atoms with van der Waals surface area (Å²) < 4.78 is 1.56. The number of hydrogen-bond donors (Lipinski definition) is 2. The van der Waals surface area contributed by atoms with E-state index in [-0.39, 0.29) is 0 Å². The van der Waals surface area contributed by atoms with Crippen LogP contribution in [-0.4, -0.2) is 32.8 Å². The Balaban J connectivity index is 2.97. The van der Waals surface area contributed by atoms with E-state index < -0.39 is 23.3 Å². The number of nitrogens with zero attached hydrogens (tertiary/aromatic N) is 2. The lowest BCUT2D eigenvalue weighted by molar-refractivity contribution is -0.142. The smallest absolute Gasteiger partial charge is 0.326 e. The Morgan fingerprint density at radius 3 is 2.47 bits per heavy atom. The van der Waals surface area contributed by atoms with E-state index in [1.165, 1.54) is 0 Å². The monoisotopic (exact) mass is 267 g/mol. The molecule has 6 heteroatoms. The highest BCUT2D eigenvalue weighted by atomic mass is 16.4. The normalized spacial score (nSPS) is 13.1. The van der Waals surface area contributed by atoms with Gasteiger partial charge < -0.3 is 10.4 Å². The van der Waals surface area contributed by atoms with Gasteiger partial charge in [0.05, 0.1) is 5.69 Å². The van der Waals surface area contributed by atoms with Gasteiger partial charge in [-0.15, -0.1) is 0 Å². The van der Waals surface area contributed by atoms with Gasteiger partial charge >= 0.3 is 5.97 Å². The molecule has 1 rings (SSSR count). The lowest BCUT2D eigenvalue weighted by atomic mass is 9.86. The quantitative estimate of drug-likeness (QED) is 0.864. The van der Waals surface area contributed by atoms with E-state index in [0.29, 0.717) is 12.2 Å². The number of carbonyl (C=O) groups is 2. The Kier molecular flexibility index (Phi) is 4.34. The molecular formula is C13H21N3O3. The fourth-order valence-corrected chi connectivity index (χ4v) is 1.82. The van der Waals surface area contributed by atoms with Crippen LogP contribution in [0.15, 0.2) is 6.07 Å². The molecule has 1 heterocycles. The highest BCUT2D eigenvalue weighted by Crippen LogP contribution is 2.20. The van der Waals surface area contributed by atoms with Gasteiger partial charge in [0.15, 0.2) is 0 Å². The zero-order valence-electron chi connectivity index (χ0n) is 12.0. The lowest BCUT2D eigenvalue weighted by Gasteiger charge is -2.27. The first-order valence-electron chi connectivity index (χ1n) is 6.25. The second-order valence-electron chi connectivity index (χ2n) is 5.60. The average molecular weight is 267 g/mol. The Bertz CT molecular complexity index is 486. The molecular weight excluding hydrogens is 246 g/mol. The van der Waals surface area contributed by atoms with Crippen molar-refractivity contribution in [3.8, 4) is 0 Å². The van der Waals surface area contributed by atoms with Crippen LogP contribution >= 0.6 is 0 Å². The third kappa shape index (κ3) is 3.56. The third-order valence-electron chi connectivity index (χ3n) is 2.82. The highest BCUT2D eigenvalue weighted by molar-refractivity contribution is 5.95. The number of aromatic nitrogens is 2. The summed E-state index contributed by atoms with van der Waals surface area (Å²) in [6.45, 7) is 9.55. The first-order chi connectivity index (χ1) is 8.66. The highest BCUT2D eigenvalue weighted by Gasteiger charge is 2.33. The predicted molar refractivity (Wildman–Crippen MR) is 71.0 cm³/mol. The average Bonchev–Trinajstić information content (AvgIpc) is 2.65. The molecule has 0 aliphatic carbocycles. The zero-order chi connectivity index (χ0) is 14.8. The SMILES string of the molecule is CCn1nc(C)cc1C(=O)N[C@@H](C(=O)O)C(C)(C)C. The van der Waals surface area contributed by atoms with Gasteiger partial charge in [-0.2, -0.15) is 5.10 Å². The number of aryl methyl sites for hydroxylation is 2. The molecule has 0 fully saturated rings. The van der Waals surface area contributed by atoms with E-state index in [1.807, 2.05) is 6.92 Å². The molecule has 1 aromatic rings. The van der Waals surface area contributed by atoms with E-state index >= 15 is 0 Å². The molecule has 0 aromatic carbocycles. The summed E-state index contributed by atoms with van der Waals surface area (Å²) in [7, 11) is 0. The third-order valence-corrected chi connectivity index (χ3v) is 2.82. The number of aliphatic carboxylic acids is 1. The zero-order valence-corrected chi connectivity index (χ0v) is 12.0. The maximum Gasteiger partial charge on any atom is 0.326 e. The summed E-state index contributed by atoms with van der Waals surface area (Å²) in [5.74, 6) is -1.45. The summed E-state index contributed by atoms with van der Waals surface area (Å²) >= 11 is 0. The van der Waals surface area contributed by atoms with E-state index in [4.69, 9.17) is 0 Å². The number of amides is 1. The van der Waals surface area contributed by atoms with Crippen molar-refractivity contribution in [3.05, 3.63) is 17.5 Å². The van der Waals surface area contributed by atoms with Gasteiger partial charge in [-0.1, -0.05) is 20.8 Å². The first kappa shape index (κ1) is 15.2. The molecule has 1 amide bonds. The van der Waals surface area contributed by atoms with Crippen molar-refractivity contribution in [1.82, 2.24) is 15.1 Å². The van der Waals surface area contributed by atoms with Crippen LogP contribution in [0.3, 0.4) is 0 Å². The van der Waals surface area contributed by atoms with Crippen molar-refractivity contribution in [2.75, 3.05) is 0 Å². The Morgan fingerprint density at radius 1 is 1.47 bits per heavy atom. The van der Waals surface area contributed by atoms with Gasteiger partial charge in [0.1, 0.15) is 11.7 Å². The number of carboxylic acid groups (broad SMARTS) is 1. The Morgan fingerprint density at radius 2 is 2.05 bits per heavy atom. The fourth-order valence-electron chi connectivity index (χ4n) is 1.82. The number of carboxylic acids is 1. The standard InChI is InChI=1S/C13H21N3O3/c1-6-16-9(7-8(2)15-16)11(17)14-10(12(18)19)13(3,4)5/h7,10H,6H2,1-5H3,(H,14,17)(H,18,19)/t10-/m0/s1. The van der Waals surface area contributed by atoms with Gasteiger partial charge in [0.2, 0.25) is 0 Å². The number of carbonyl (C=O) groups excluding carboxylic acids is 1. The van der Waals surface area contributed by atoms with Gasteiger partial charge in [-0.05, 0) is 25.3 Å². The summed E-state index contributed by atoms with van der Waals surface area (Å²) in [6.07, 6.45) is 0. The second kappa shape index (κ2) is 5.42. The molecule has 19 heavy (non-hydrogen) atoms. The van der Waals surface area contributed by atoms with Crippen molar-refractivity contribution in [3.63, 3.8) is 0 Å². The van der Waals surface area contributed by atoms with E-state index in [9.17, 15) is 14.7 Å². The largest absolute Gasteiger partial charge is 0.480 e. The molecule has 0 spiro atoms. The number of hydrogen-bond acceptors (Lipinski definition) is 3. The molecule has 0 aliphatic rings. The predicted octanol–water partition coefficient (Wildman–Crippen LogP) is 1.44. The number of rotatable bonds is 4. The van der Waals surface area contributed by atoms with E-state index in [1.54, 1.807) is 38.4 Å². The van der Waals surface area contributed by atoms with E-state index in [2.05, 4.69) is 10.4 Å². The van der Waals surface area contributed by atoms with Crippen molar-refractivity contribution in [2.45, 2.75) is 47.2 Å². The molecule has 0 saturated heterocycles. The van der Waals surface area contributed by atoms with Crippen LogP contribution in [0.1, 0.15) is 43.9 Å². The minimum absolute atomic E-state index is 0.385. The van der Waals surface area contributed by atoms with Crippen molar-refractivity contribution < 1.29 is 14.7 Å². The molecule has 0 saturated carbocycles. The van der Waals surface area contributed by atoms with Crippen molar-refractivity contribution >= 4 is 11.9 Å². The van der Waals surface area contributed by atoms with Gasteiger partial charge in [-0.3, -0.25) is 9.48 Å². The maximum atomic E-state index is 12.2. The van der Waals surface area contributed by atoms with Crippen LogP contribution < -0.4 is 5.32 Å². The Hall–Kier alpha value is -1.85. The number of nitrogens with one attached hydrogen (secondary N) is 1. The minimum Gasteiger partial charge on any atom is -0.480 e. The van der Waals surface area contributed by atoms with Crippen LogP contribution in [-0.2, 0) is 11.3 Å². The molecule has 106 valence electrons. The van der Waals surface area contributed by atoms with Crippen LogP contribution in [0.25, 0.3) is 0 Å². The molecule has 0 aliphatic heterocycles. The first-order valence-corrected chi connectivity index (χ1v) is 6.25. The summed E-state index contributed by atoms with van der Waals surface area (Å²) in [4.78, 5) is 23.4. The van der Waals surface area contributed by atoms with Crippen LogP contribution in [0, 0.1) is 12.3 Å². The molecule has 1 aromatic heterocycles. The van der Waals surface area contributed by atoms with Crippen molar-refractivity contribution in [1.29, 1.82) is 0 Å². The van der Waals surface area contributed by atoms with Gasteiger partial charge in [-0.25, -0.2) is 4.79 Å². The molecule has 1 atom stereocenters. The molecule has 0 radical (unpaired) electrons. The second-order valence-corrected chi connectivity index (χ2v) is 5.60. The fraction of sp³-hybridized carbons (Fsp3) is 0.615. The topological polar surface area (TPSA) is 84.2 Å². The summed E-state index contributed by atoms with van der Waals surface area (Å²) in [5.41, 5.74) is 0.554. The molecule has 0 bridgehead atoms. The molecule has 0 unspecified atom stereocenters. The van der Waals surface area contributed by atoms with Gasteiger partial charge in [0, 0.05) is 6.54 Å². The summed E-state index contributed by atoms with van der Waals surface area (Å²) in [6, 6.07) is 0.709. The van der Waals surface area contributed by atoms with Crippen LogP contribution in [0.2, 0.25) is 0 Å². The minimum atomic E-state index is -1.04.